The standard InChI is InChI=1S/C65H39N3OS/c1-38-61(46-29-32-59-53(34-46)50-21-11-12-22-58(50)70-59)66-65(43-25-23-40(24-26-43)39-13-3-2-4-14-39)67-62(38)47-35-54-60-48-19-9-7-15-41(48)28-31-57(60)69-64(54)56(37-47)68-55-36-45-18-6-5-17-44(45)33-52(55)51-30-27-42-16-8-10-20-49(42)63(51)68/h2-37H,1H3. The summed E-state index contributed by atoms with van der Waals surface area (Å²) in [5.41, 5.74) is 13.0. The maximum atomic E-state index is 7.18. The van der Waals surface area contributed by atoms with Gasteiger partial charge in [0.1, 0.15) is 5.58 Å². The number of furan rings is 1. The summed E-state index contributed by atoms with van der Waals surface area (Å²) in [6.07, 6.45) is 0. The molecular formula is C65H39N3OS. The number of fused-ring (bicyclic) bond motifs is 14. The van der Waals surface area contributed by atoms with Gasteiger partial charge in [-0.1, -0.05) is 170 Å². The van der Waals surface area contributed by atoms with Gasteiger partial charge < -0.3 is 8.98 Å². The molecule has 15 aromatic rings. The van der Waals surface area contributed by atoms with Gasteiger partial charge in [0.25, 0.3) is 0 Å². The summed E-state index contributed by atoms with van der Waals surface area (Å²) in [6.45, 7) is 2.19. The quantitative estimate of drug-likeness (QED) is 0.173. The summed E-state index contributed by atoms with van der Waals surface area (Å²) in [4.78, 5) is 11.1. The van der Waals surface area contributed by atoms with E-state index in [2.05, 4.69) is 230 Å². The second-order valence-electron chi connectivity index (χ2n) is 18.5. The van der Waals surface area contributed by atoms with Gasteiger partial charge >= 0.3 is 0 Å². The fourth-order valence-corrected chi connectivity index (χ4v) is 12.3. The Morgan fingerprint density at radius 2 is 1.00 bits per heavy atom. The molecule has 0 atom stereocenters. The molecule has 4 nitrogen and oxygen atoms in total. The maximum Gasteiger partial charge on any atom is 0.160 e. The fraction of sp³-hybridized carbons (Fsp3) is 0.0154. The minimum Gasteiger partial charge on any atom is -0.454 e. The van der Waals surface area contributed by atoms with Gasteiger partial charge in [-0.2, -0.15) is 0 Å². The van der Waals surface area contributed by atoms with Crippen LogP contribution in [0.3, 0.4) is 0 Å². The van der Waals surface area contributed by atoms with E-state index in [0.717, 1.165) is 88.6 Å². The van der Waals surface area contributed by atoms with Crippen LogP contribution in [0.4, 0.5) is 0 Å². The average Bonchev–Trinajstić information content (AvgIpc) is 4.10. The summed E-state index contributed by atoms with van der Waals surface area (Å²) in [5.74, 6) is 0.670. The molecule has 0 N–H and O–H groups in total. The summed E-state index contributed by atoms with van der Waals surface area (Å²) in [6, 6.07) is 79.0. The van der Waals surface area contributed by atoms with Crippen molar-refractivity contribution in [1.29, 1.82) is 0 Å². The Balaban J connectivity index is 1.07. The Morgan fingerprint density at radius 3 is 1.81 bits per heavy atom. The van der Waals surface area contributed by atoms with E-state index < -0.39 is 0 Å². The highest BCUT2D eigenvalue weighted by Gasteiger charge is 2.25. The van der Waals surface area contributed by atoms with Crippen LogP contribution >= 0.6 is 11.3 Å². The van der Waals surface area contributed by atoms with Crippen LogP contribution in [0, 0.1) is 6.92 Å². The number of nitrogens with zero attached hydrogens (tertiary/aromatic N) is 3. The topological polar surface area (TPSA) is 43.9 Å². The number of rotatable bonds is 5. The van der Waals surface area contributed by atoms with Gasteiger partial charge in [-0.05, 0) is 93.5 Å². The van der Waals surface area contributed by atoms with E-state index >= 15 is 0 Å². The summed E-state index contributed by atoms with van der Waals surface area (Å²) >= 11 is 1.83. The van der Waals surface area contributed by atoms with E-state index in [4.69, 9.17) is 14.4 Å². The van der Waals surface area contributed by atoms with E-state index in [1.165, 1.54) is 58.1 Å². The Hall–Kier alpha value is -8.90. The van der Waals surface area contributed by atoms with Crippen molar-refractivity contribution in [1.82, 2.24) is 14.5 Å². The summed E-state index contributed by atoms with van der Waals surface area (Å²) in [7, 11) is 0. The third-order valence-corrected chi connectivity index (χ3v) is 15.7. The molecule has 0 bridgehead atoms. The Morgan fingerprint density at radius 1 is 0.400 bits per heavy atom. The first-order valence-corrected chi connectivity index (χ1v) is 24.6. The molecule has 15 rings (SSSR count). The van der Waals surface area contributed by atoms with Crippen molar-refractivity contribution in [3.63, 3.8) is 0 Å². The van der Waals surface area contributed by atoms with Crippen LogP contribution in [-0.4, -0.2) is 14.5 Å². The normalized spacial score (nSPS) is 12.1. The largest absolute Gasteiger partial charge is 0.454 e. The van der Waals surface area contributed by atoms with Crippen molar-refractivity contribution in [2.75, 3.05) is 0 Å². The third-order valence-electron chi connectivity index (χ3n) is 14.5. The van der Waals surface area contributed by atoms with Gasteiger partial charge in [-0.3, -0.25) is 0 Å². The number of hydrogen-bond acceptors (Lipinski definition) is 4. The molecule has 0 aliphatic carbocycles. The van der Waals surface area contributed by atoms with E-state index in [0.29, 0.717) is 5.82 Å². The van der Waals surface area contributed by atoms with Crippen LogP contribution in [-0.2, 0) is 0 Å². The molecule has 11 aromatic carbocycles. The minimum absolute atomic E-state index is 0.670. The molecule has 5 heteroatoms. The molecule has 0 aliphatic rings. The van der Waals surface area contributed by atoms with Gasteiger partial charge in [-0.15, -0.1) is 11.3 Å². The van der Waals surface area contributed by atoms with E-state index in [1.54, 1.807) is 0 Å². The average molecular weight is 910 g/mol. The molecule has 0 saturated heterocycles. The zero-order valence-corrected chi connectivity index (χ0v) is 38.8. The van der Waals surface area contributed by atoms with E-state index in [9.17, 15) is 0 Å². The number of thiophene rings is 1. The summed E-state index contributed by atoms with van der Waals surface area (Å²) < 4.78 is 12.2. The molecule has 0 radical (unpaired) electrons. The van der Waals surface area contributed by atoms with Gasteiger partial charge in [0.2, 0.25) is 0 Å². The lowest BCUT2D eigenvalue weighted by Crippen LogP contribution is -2.02. The van der Waals surface area contributed by atoms with E-state index in [-0.39, 0.29) is 0 Å². The SMILES string of the molecule is Cc1c(-c2ccc3sc4ccccc4c3c2)nc(-c2ccc(-c3ccccc3)cc2)nc1-c1cc(-n2c3cc4ccccc4cc3c3ccc4ccccc4c32)c2oc3ccc4ccccc4c3c2c1. The zero-order valence-electron chi connectivity index (χ0n) is 37.9. The van der Waals surface area contributed by atoms with Crippen LogP contribution in [0.2, 0.25) is 0 Å². The van der Waals surface area contributed by atoms with Crippen molar-refractivity contribution in [3.8, 4) is 50.7 Å². The number of hydrogen-bond donors (Lipinski definition) is 0. The first-order valence-electron chi connectivity index (χ1n) is 23.8. The molecule has 4 heterocycles. The number of aromatic nitrogens is 3. The molecule has 0 unspecified atom stereocenters. The predicted molar refractivity (Wildman–Crippen MR) is 296 cm³/mol. The van der Waals surface area contributed by atoms with Gasteiger partial charge in [0.15, 0.2) is 11.4 Å². The Labute approximate surface area is 406 Å². The van der Waals surface area contributed by atoms with Crippen molar-refractivity contribution < 1.29 is 4.42 Å². The zero-order chi connectivity index (χ0) is 46.0. The smallest absolute Gasteiger partial charge is 0.160 e. The van der Waals surface area contributed by atoms with Gasteiger partial charge in [0.05, 0.1) is 28.1 Å². The van der Waals surface area contributed by atoms with Crippen molar-refractivity contribution in [2.45, 2.75) is 6.92 Å². The van der Waals surface area contributed by atoms with E-state index in [1.807, 2.05) is 11.3 Å². The second kappa shape index (κ2) is 15.1. The highest BCUT2D eigenvalue weighted by atomic mass is 32.1. The first-order chi connectivity index (χ1) is 34.6. The van der Waals surface area contributed by atoms with Crippen molar-refractivity contribution >= 4 is 108 Å². The highest BCUT2D eigenvalue weighted by molar-refractivity contribution is 7.25. The van der Waals surface area contributed by atoms with Gasteiger partial charge in [0, 0.05) is 69.4 Å². The molecule has 0 spiro atoms. The Bertz CT molecular complexity index is 4660. The molecular weight excluding hydrogens is 871 g/mol. The fourth-order valence-electron chi connectivity index (χ4n) is 11.2. The minimum atomic E-state index is 0.670. The third kappa shape index (κ3) is 5.89. The lowest BCUT2D eigenvalue weighted by atomic mass is 9.96. The van der Waals surface area contributed by atoms with Crippen LogP contribution in [0.25, 0.3) is 147 Å². The molecule has 0 aliphatic heterocycles. The molecule has 70 heavy (non-hydrogen) atoms. The molecule has 326 valence electrons. The van der Waals surface area contributed by atoms with Crippen molar-refractivity contribution in [3.05, 3.63) is 224 Å². The predicted octanol–water partition coefficient (Wildman–Crippen LogP) is 18.3. The maximum absolute atomic E-state index is 7.18. The van der Waals surface area contributed by atoms with Crippen molar-refractivity contribution in [2.24, 2.45) is 0 Å². The molecule has 0 amide bonds. The van der Waals surface area contributed by atoms with Crippen LogP contribution in [0.5, 0.6) is 0 Å². The summed E-state index contributed by atoms with van der Waals surface area (Å²) in [5, 5.41) is 14.1. The second-order valence-corrected chi connectivity index (χ2v) is 19.6. The molecule has 0 saturated carbocycles. The number of benzene rings is 11. The molecule has 4 aromatic heterocycles. The van der Waals surface area contributed by atoms with Crippen LogP contribution in [0.1, 0.15) is 5.56 Å². The molecule has 0 fully saturated rings. The van der Waals surface area contributed by atoms with Gasteiger partial charge in [-0.25, -0.2) is 9.97 Å². The van der Waals surface area contributed by atoms with Crippen LogP contribution < -0.4 is 0 Å². The first kappa shape index (κ1) is 39.1. The lowest BCUT2D eigenvalue weighted by molar-refractivity contribution is 0.666. The highest BCUT2D eigenvalue weighted by Crippen LogP contribution is 2.46. The van der Waals surface area contributed by atoms with Crippen LogP contribution in [0.15, 0.2) is 223 Å². The monoisotopic (exact) mass is 909 g/mol. The Kier molecular flexibility index (Phi) is 8.41. The lowest BCUT2D eigenvalue weighted by Gasteiger charge is -2.16.